The van der Waals surface area contributed by atoms with E-state index >= 15 is 0 Å². The van der Waals surface area contributed by atoms with Crippen LogP contribution in [0, 0.1) is 11.3 Å². The quantitative estimate of drug-likeness (QED) is 0.810. The van der Waals surface area contributed by atoms with Crippen LogP contribution in [0.15, 0.2) is 48.5 Å². The lowest BCUT2D eigenvalue weighted by Crippen LogP contribution is -2.50. The molecule has 0 saturated heterocycles. The van der Waals surface area contributed by atoms with E-state index in [4.69, 9.17) is 5.26 Å². The van der Waals surface area contributed by atoms with Gasteiger partial charge in [-0.25, -0.2) is 0 Å². The minimum Gasteiger partial charge on any atom is -0.310 e. The third kappa shape index (κ3) is 1.96. The second-order valence-corrected chi connectivity index (χ2v) is 5.21. The molecule has 1 aliphatic rings. The number of nitriles is 1. The molecule has 0 radical (unpaired) electrons. The van der Waals surface area contributed by atoms with Gasteiger partial charge in [-0.3, -0.25) is 4.79 Å². The van der Waals surface area contributed by atoms with E-state index in [0.717, 1.165) is 4.90 Å². The first kappa shape index (κ1) is 14.2. The van der Waals surface area contributed by atoms with E-state index in [1.807, 2.05) is 6.07 Å². The van der Waals surface area contributed by atoms with E-state index in [0.29, 0.717) is 22.4 Å². The van der Waals surface area contributed by atoms with Gasteiger partial charge in [0.1, 0.15) is 0 Å². The Morgan fingerprint density at radius 1 is 1.14 bits per heavy atom. The Morgan fingerprint density at radius 3 is 2.41 bits per heavy atom. The SMILES string of the molecule is CN1C(=O)C(F)(F)[C@H](c2ccc(C#N)cc2)c2ccccc21. The van der Waals surface area contributed by atoms with Gasteiger partial charge in [-0.15, -0.1) is 0 Å². The summed E-state index contributed by atoms with van der Waals surface area (Å²) >= 11 is 0. The summed E-state index contributed by atoms with van der Waals surface area (Å²) in [5, 5.41) is 8.82. The summed E-state index contributed by atoms with van der Waals surface area (Å²) in [6.45, 7) is 0. The number of benzene rings is 2. The molecule has 22 heavy (non-hydrogen) atoms. The number of para-hydroxylation sites is 1. The lowest BCUT2D eigenvalue weighted by Gasteiger charge is -2.37. The zero-order valence-electron chi connectivity index (χ0n) is 11.8. The first-order valence-corrected chi connectivity index (χ1v) is 6.71. The molecule has 1 heterocycles. The molecule has 1 amide bonds. The standard InChI is InChI=1S/C17H12F2N2O/c1-21-14-5-3-2-4-13(14)15(17(18,19)16(21)22)12-8-6-11(10-20)7-9-12/h2-9,15H,1H3/t15-/m1/s1. The zero-order valence-corrected chi connectivity index (χ0v) is 11.8. The monoisotopic (exact) mass is 298 g/mol. The third-order valence-electron chi connectivity index (χ3n) is 3.93. The minimum absolute atomic E-state index is 0.318. The maximum absolute atomic E-state index is 14.6. The Labute approximate surface area is 126 Å². The van der Waals surface area contributed by atoms with Crippen LogP contribution >= 0.6 is 0 Å². The highest BCUT2D eigenvalue weighted by Crippen LogP contribution is 2.47. The molecule has 1 atom stereocenters. The Bertz CT molecular complexity index is 778. The average molecular weight is 298 g/mol. The van der Waals surface area contributed by atoms with Crippen LogP contribution < -0.4 is 4.90 Å². The average Bonchev–Trinajstić information content (AvgIpc) is 2.53. The molecule has 5 heteroatoms. The molecule has 3 rings (SSSR count). The van der Waals surface area contributed by atoms with Gasteiger partial charge >= 0.3 is 5.92 Å². The second-order valence-electron chi connectivity index (χ2n) is 5.21. The number of rotatable bonds is 1. The summed E-state index contributed by atoms with van der Waals surface area (Å²) in [7, 11) is 1.35. The fourth-order valence-corrected chi connectivity index (χ4v) is 2.83. The molecule has 2 aromatic rings. The fourth-order valence-electron chi connectivity index (χ4n) is 2.83. The lowest BCUT2D eigenvalue weighted by atomic mass is 9.81. The summed E-state index contributed by atoms with van der Waals surface area (Å²) in [6.07, 6.45) is 0. The Morgan fingerprint density at radius 2 is 1.77 bits per heavy atom. The molecule has 3 nitrogen and oxygen atoms in total. The number of halogens is 2. The zero-order chi connectivity index (χ0) is 15.9. The smallest absolute Gasteiger partial charge is 0.310 e. The van der Waals surface area contributed by atoms with E-state index in [2.05, 4.69) is 0 Å². The number of amides is 1. The molecule has 0 unspecified atom stereocenters. The molecular formula is C17H12F2N2O. The van der Waals surface area contributed by atoms with Crippen LogP contribution in [0.2, 0.25) is 0 Å². The van der Waals surface area contributed by atoms with Gasteiger partial charge < -0.3 is 4.90 Å². The van der Waals surface area contributed by atoms with Crippen molar-refractivity contribution in [3.8, 4) is 6.07 Å². The Hall–Kier alpha value is -2.74. The first-order valence-electron chi connectivity index (χ1n) is 6.71. The van der Waals surface area contributed by atoms with Crippen LogP contribution in [-0.4, -0.2) is 18.9 Å². The number of hydrogen-bond acceptors (Lipinski definition) is 2. The molecule has 0 N–H and O–H groups in total. The Kier molecular flexibility index (Phi) is 3.18. The highest BCUT2D eigenvalue weighted by Gasteiger charge is 2.54. The number of anilines is 1. The molecule has 2 aromatic carbocycles. The van der Waals surface area contributed by atoms with Crippen LogP contribution in [0.25, 0.3) is 0 Å². The second kappa shape index (κ2) is 4.92. The molecule has 0 bridgehead atoms. The van der Waals surface area contributed by atoms with E-state index in [-0.39, 0.29) is 0 Å². The van der Waals surface area contributed by atoms with Crippen LogP contribution in [0.1, 0.15) is 22.6 Å². The van der Waals surface area contributed by atoms with Gasteiger partial charge in [-0.2, -0.15) is 14.0 Å². The molecule has 0 saturated carbocycles. The molecular weight excluding hydrogens is 286 g/mol. The van der Waals surface area contributed by atoms with Gasteiger partial charge in [0, 0.05) is 12.7 Å². The van der Waals surface area contributed by atoms with Gasteiger partial charge in [0.2, 0.25) is 0 Å². The van der Waals surface area contributed by atoms with Crippen molar-refractivity contribution in [3.05, 3.63) is 65.2 Å². The molecule has 0 aliphatic carbocycles. The third-order valence-corrected chi connectivity index (χ3v) is 3.93. The van der Waals surface area contributed by atoms with Crippen molar-refractivity contribution >= 4 is 11.6 Å². The molecule has 110 valence electrons. The topological polar surface area (TPSA) is 44.1 Å². The van der Waals surface area contributed by atoms with E-state index in [1.165, 1.54) is 31.3 Å². The lowest BCUT2D eigenvalue weighted by molar-refractivity contribution is -0.145. The number of carbonyl (C=O) groups excluding carboxylic acids is 1. The van der Waals surface area contributed by atoms with Gasteiger partial charge in [0.25, 0.3) is 5.91 Å². The largest absolute Gasteiger partial charge is 0.335 e. The number of fused-ring (bicyclic) bond motifs is 1. The van der Waals surface area contributed by atoms with Gasteiger partial charge in [-0.1, -0.05) is 30.3 Å². The Balaban J connectivity index is 2.21. The van der Waals surface area contributed by atoms with Crippen molar-refractivity contribution in [1.29, 1.82) is 5.26 Å². The van der Waals surface area contributed by atoms with Crippen molar-refractivity contribution < 1.29 is 13.6 Å². The van der Waals surface area contributed by atoms with Gasteiger partial charge in [0.15, 0.2) is 0 Å². The normalized spacial score (nSPS) is 19.5. The number of alkyl halides is 2. The molecule has 0 fully saturated rings. The van der Waals surface area contributed by atoms with Gasteiger partial charge in [-0.05, 0) is 29.3 Å². The summed E-state index contributed by atoms with van der Waals surface area (Å²) in [5.41, 5.74) is 1.59. The van der Waals surface area contributed by atoms with E-state index in [1.54, 1.807) is 24.3 Å². The van der Waals surface area contributed by atoms with E-state index < -0.39 is 17.7 Å². The van der Waals surface area contributed by atoms with Crippen LogP contribution in [0.5, 0.6) is 0 Å². The van der Waals surface area contributed by atoms with Crippen molar-refractivity contribution in [2.45, 2.75) is 11.8 Å². The van der Waals surface area contributed by atoms with Crippen molar-refractivity contribution in [1.82, 2.24) is 0 Å². The summed E-state index contributed by atoms with van der Waals surface area (Å²) in [6, 6.07) is 14.5. The van der Waals surface area contributed by atoms with Crippen molar-refractivity contribution in [3.63, 3.8) is 0 Å². The number of carbonyl (C=O) groups is 1. The predicted octanol–water partition coefficient (Wildman–Crippen LogP) is 3.30. The summed E-state index contributed by atoms with van der Waals surface area (Å²) in [5.74, 6) is -6.10. The van der Waals surface area contributed by atoms with Gasteiger partial charge in [0.05, 0.1) is 17.6 Å². The maximum Gasteiger partial charge on any atom is 0.335 e. The van der Waals surface area contributed by atoms with E-state index in [9.17, 15) is 13.6 Å². The number of hydrogen-bond donors (Lipinski definition) is 0. The highest BCUT2D eigenvalue weighted by atomic mass is 19.3. The molecule has 1 aliphatic heterocycles. The molecule has 0 spiro atoms. The maximum atomic E-state index is 14.6. The predicted molar refractivity (Wildman–Crippen MR) is 77.8 cm³/mol. The highest BCUT2D eigenvalue weighted by molar-refractivity contribution is 6.02. The number of nitrogens with zero attached hydrogens (tertiary/aromatic N) is 2. The first-order chi connectivity index (χ1) is 10.5. The van der Waals surface area contributed by atoms with Crippen LogP contribution in [0.3, 0.4) is 0 Å². The van der Waals surface area contributed by atoms with Crippen molar-refractivity contribution in [2.24, 2.45) is 0 Å². The van der Waals surface area contributed by atoms with Crippen LogP contribution in [0.4, 0.5) is 14.5 Å². The fraction of sp³-hybridized carbons (Fsp3) is 0.176. The van der Waals surface area contributed by atoms with Crippen molar-refractivity contribution in [2.75, 3.05) is 11.9 Å². The minimum atomic E-state index is -3.53. The summed E-state index contributed by atoms with van der Waals surface area (Å²) in [4.78, 5) is 13.0. The van der Waals surface area contributed by atoms with Crippen LogP contribution in [-0.2, 0) is 4.79 Å². The summed E-state index contributed by atoms with van der Waals surface area (Å²) < 4.78 is 29.2. The molecule has 0 aromatic heterocycles.